The summed E-state index contributed by atoms with van der Waals surface area (Å²) < 4.78 is 11.4. The van der Waals surface area contributed by atoms with E-state index in [1.807, 2.05) is 48.5 Å². The predicted molar refractivity (Wildman–Crippen MR) is 155 cm³/mol. The minimum Gasteiger partial charge on any atom is -0.494 e. The maximum atomic E-state index is 12.1. The number of benzene rings is 2. The van der Waals surface area contributed by atoms with E-state index in [1.165, 1.54) is 25.7 Å². The zero-order chi connectivity index (χ0) is 27.3. The Kier molecular flexibility index (Phi) is 15.9. The molecule has 4 amide bonds. The van der Waals surface area contributed by atoms with E-state index in [1.54, 1.807) is 0 Å². The maximum Gasteiger partial charge on any atom is 0.319 e. The number of rotatable bonds is 19. The fourth-order valence-electron chi connectivity index (χ4n) is 3.71. The van der Waals surface area contributed by atoms with Gasteiger partial charge in [-0.3, -0.25) is 0 Å². The minimum atomic E-state index is -0.212. The lowest BCUT2D eigenvalue weighted by molar-refractivity contribution is 0.250. The Morgan fingerprint density at radius 3 is 1.32 bits per heavy atom. The maximum absolute atomic E-state index is 12.1. The van der Waals surface area contributed by atoms with E-state index in [2.05, 4.69) is 35.1 Å². The predicted octanol–water partition coefficient (Wildman–Crippen LogP) is 7.33. The lowest BCUT2D eigenvalue weighted by Crippen LogP contribution is -2.30. The highest BCUT2D eigenvalue weighted by molar-refractivity contribution is 5.89. The van der Waals surface area contributed by atoms with Crippen molar-refractivity contribution in [2.75, 3.05) is 36.9 Å². The molecule has 2 aromatic rings. The van der Waals surface area contributed by atoms with E-state index in [-0.39, 0.29) is 12.1 Å². The number of anilines is 2. The molecular formula is C30H46N4O4. The quantitative estimate of drug-likeness (QED) is 0.144. The van der Waals surface area contributed by atoms with E-state index >= 15 is 0 Å². The Morgan fingerprint density at radius 2 is 0.947 bits per heavy atom. The van der Waals surface area contributed by atoms with Crippen molar-refractivity contribution >= 4 is 23.4 Å². The molecule has 8 nitrogen and oxygen atoms in total. The first-order chi connectivity index (χ1) is 18.6. The monoisotopic (exact) mass is 526 g/mol. The number of urea groups is 2. The van der Waals surface area contributed by atoms with Gasteiger partial charge in [0.25, 0.3) is 0 Å². The van der Waals surface area contributed by atoms with Crippen LogP contribution in [-0.2, 0) is 0 Å². The molecular weight excluding hydrogens is 480 g/mol. The van der Waals surface area contributed by atoms with Crippen molar-refractivity contribution in [2.45, 2.75) is 78.1 Å². The van der Waals surface area contributed by atoms with Crippen LogP contribution >= 0.6 is 0 Å². The SMILES string of the molecule is CCCCCOc1ccc(NC(=O)NCCCCCCNC(=O)Nc2ccc(OCCCCC)cc2)cc1. The summed E-state index contributed by atoms with van der Waals surface area (Å²) in [7, 11) is 0. The highest BCUT2D eigenvalue weighted by atomic mass is 16.5. The van der Waals surface area contributed by atoms with Crippen LogP contribution in [0.4, 0.5) is 21.0 Å². The number of hydrogen-bond donors (Lipinski definition) is 4. The van der Waals surface area contributed by atoms with Gasteiger partial charge in [-0.1, -0.05) is 52.4 Å². The molecule has 0 spiro atoms. The summed E-state index contributed by atoms with van der Waals surface area (Å²) in [5.41, 5.74) is 1.47. The van der Waals surface area contributed by atoms with Gasteiger partial charge < -0.3 is 30.7 Å². The number of ether oxygens (including phenoxy) is 2. The summed E-state index contributed by atoms with van der Waals surface area (Å²) in [6.45, 7) is 6.98. The van der Waals surface area contributed by atoms with Gasteiger partial charge in [-0.2, -0.15) is 0 Å². The Morgan fingerprint density at radius 1 is 0.553 bits per heavy atom. The van der Waals surface area contributed by atoms with Crippen LogP contribution in [0.2, 0.25) is 0 Å². The van der Waals surface area contributed by atoms with Crippen molar-refractivity contribution in [3.8, 4) is 11.5 Å². The summed E-state index contributed by atoms with van der Waals surface area (Å²) in [4.78, 5) is 24.2. The molecule has 0 aromatic heterocycles. The first-order valence-corrected chi connectivity index (χ1v) is 14.2. The van der Waals surface area contributed by atoms with E-state index in [4.69, 9.17) is 9.47 Å². The van der Waals surface area contributed by atoms with Crippen molar-refractivity contribution in [3.05, 3.63) is 48.5 Å². The van der Waals surface area contributed by atoms with Crippen LogP contribution in [0, 0.1) is 0 Å². The van der Waals surface area contributed by atoms with E-state index in [0.717, 1.165) is 61.4 Å². The molecule has 0 saturated heterocycles. The summed E-state index contributed by atoms with van der Waals surface area (Å²) in [6.07, 6.45) is 10.5. The number of nitrogens with one attached hydrogen (secondary N) is 4. The molecule has 4 N–H and O–H groups in total. The van der Waals surface area contributed by atoms with Gasteiger partial charge in [-0.15, -0.1) is 0 Å². The first-order valence-electron chi connectivity index (χ1n) is 14.2. The third-order valence-corrected chi connectivity index (χ3v) is 5.93. The molecule has 0 aliphatic carbocycles. The normalized spacial score (nSPS) is 10.5. The second-order valence-electron chi connectivity index (χ2n) is 9.34. The lowest BCUT2D eigenvalue weighted by Gasteiger charge is -2.10. The third-order valence-electron chi connectivity index (χ3n) is 5.93. The standard InChI is InChI=1S/C30H46N4O4/c1-3-5-11-23-37-27-17-13-25(14-18-27)33-29(35)31-21-9-7-8-10-22-32-30(36)34-26-15-19-28(20-16-26)38-24-12-6-4-2/h13-20H,3-12,21-24H2,1-2H3,(H2,31,33,35)(H2,32,34,36). The van der Waals surface area contributed by atoms with Gasteiger partial charge in [0.05, 0.1) is 13.2 Å². The zero-order valence-electron chi connectivity index (χ0n) is 23.2. The average molecular weight is 527 g/mol. The number of hydrogen-bond acceptors (Lipinski definition) is 4. The van der Waals surface area contributed by atoms with Gasteiger partial charge in [-0.25, -0.2) is 9.59 Å². The summed E-state index contributed by atoms with van der Waals surface area (Å²) >= 11 is 0. The Balaban J connectivity index is 1.46. The molecule has 0 fully saturated rings. The van der Waals surface area contributed by atoms with E-state index in [0.29, 0.717) is 26.3 Å². The van der Waals surface area contributed by atoms with Crippen molar-refractivity contribution < 1.29 is 19.1 Å². The lowest BCUT2D eigenvalue weighted by atomic mass is 10.2. The number of carbonyl (C=O) groups is 2. The van der Waals surface area contributed by atoms with E-state index < -0.39 is 0 Å². The highest BCUT2D eigenvalue weighted by Crippen LogP contribution is 2.17. The second-order valence-corrected chi connectivity index (χ2v) is 9.34. The average Bonchev–Trinajstić information content (AvgIpc) is 2.92. The summed E-state index contributed by atoms with van der Waals surface area (Å²) in [5.74, 6) is 1.63. The molecule has 0 radical (unpaired) electrons. The molecule has 0 unspecified atom stereocenters. The molecule has 0 aliphatic heterocycles. The van der Waals surface area contributed by atoms with Gasteiger partial charge in [0.1, 0.15) is 11.5 Å². The van der Waals surface area contributed by atoms with Gasteiger partial charge in [0, 0.05) is 24.5 Å². The van der Waals surface area contributed by atoms with Crippen LogP contribution in [0.1, 0.15) is 78.1 Å². The molecule has 0 bridgehead atoms. The van der Waals surface area contributed by atoms with Crippen molar-refractivity contribution in [2.24, 2.45) is 0 Å². The molecule has 0 saturated carbocycles. The molecule has 0 aliphatic rings. The molecule has 0 atom stereocenters. The van der Waals surface area contributed by atoms with Gasteiger partial charge in [0.2, 0.25) is 0 Å². The molecule has 38 heavy (non-hydrogen) atoms. The van der Waals surface area contributed by atoms with Crippen LogP contribution in [0.25, 0.3) is 0 Å². The van der Waals surface area contributed by atoms with Crippen LogP contribution in [0.15, 0.2) is 48.5 Å². The van der Waals surface area contributed by atoms with Crippen LogP contribution < -0.4 is 30.7 Å². The first kappa shape index (κ1) is 30.8. The molecule has 2 rings (SSSR count). The molecule has 8 heteroatoms. The largest absolute Gasteiger partial charge is 0.494 e. The van der Waals surface area contributed by atoms with Crippen molar-refractivity contribution in [3.63, 3.8) is 0 Å². The Bertz CT molecular complexity index is 828. The van der Waals surface area contributed by atoms with Crippen molar-refractivity contribution in [1.82, 2.24) is 10.6 Å². The minimum absolute atomic E-state index is 0.212. The summed E-state index contributed by atoms with van der Waals surface area (Å²) in [5, 5.41) is 11.4. The van der Waals surface area contributed by atoms with E-state index in [9.17, 15) is 9.59 Å². The molecule has 2 aromatic carbocycles. The van der Waals surface area contributed by atoms with Crippen LogP contribution in [-0.4, -0.2) is 38.4 Å². The van der Waals surface area contributed by atoms with Gasteiger partial charge in [0.15, 0.2) is 0 Å². The fraction of sp³-hybridized carbons (Fsp3) is 0.533. The zero-order valence-corrected chi connectivity index (χ0v) is 23.2. The highest BCUT2D eigenvalue weighted by Gasteiger charge is 2.04. The molecule has 210 valence electrons. The van der Waals surface area contributed by atoms with Gasteiger partial charge in [-0.05, 0) is 74.2 Å². The van der Waals surface area contributed by atoms with Crippen LogP contribution in [0.5, 0.6) is 11.5 Å². The number of amides is 4. The Labute approximate surface area is 228 Å². The Hall–Kier alpha value is -3.42. The summed E-state index contributed by atoms with van der Waals surface area (Å²) in [6, 6.07) is 14.4. The van der Waals surface area contributed by atoms with Crippen molar-refractivity contribution in [1.29, 1.82) is 0 Å². The number of carbonyl (C=O) groups excluding carboxylic acids is 2. The fourth-order valence-corrected chi connectivity index (χ4v) is 3.71. The smallest absolute Gasteiger partial charge is 0.319 e. The molecule has 0 heterocycles. The second kappa shape index (κ2) is 19.7. The topological polar surface area (TPSA) is 101 Å². The third kappa shape index (κ3) is 14.4. The van der Waals surface area contributed by atoms with Gasteiger partial charge >= 0.3 is 12.1 Å². The van der Waals surface area contributed by atoms with Crippen LogP contribution in [0.3, 0.4) is 0 Å². The number of unbranched alkanes of at least 4 members (excludes halogenated alkanes) is 7.